The van der Waals surface area contributed by atoms with E-state index in [1.54, 1.807) is 0 Å². The number of urea groups is 1. The third-order valence-corrected chi connectivity index (χ3v) is 5.84. The van der Waals surface area contributed by atoms with Crippen LogP contribution < -0.4 is 10.5 Å². The molecule has 1 aliphatic rings. The van der Waals surface area contributed by atoms with Crippen LogP contribution in [-0.4, -0.2) is 33.7 Å². The summed E-state index contributed by atoms with van der Waals surface area (Å²) < 4.78 is 48.0. The highest BCUT2D eigenvalue weighted by atomic mass is 35.5. The fraction of sp³-hybridized carbons (Fsp3) is 0.100. The fourth-order valence-electron chi connectivity index (χ4n) is 1.77. The number of nitrogens with one attached hydrogen (secondary N) is 1. The van der Waals surface area contributed by atoms with Crippen molar-refractivity contribution < 1.29 is 21.6 Å². The zero-order valence-electron chi connectivity index (χ0n) is 10.4. The third-order valence-electron chi connectivity index (χ3n) is 2.67. The van der Waals surface area contributed by atoms with Gasteiger partial charge in [-0.25, -0.2) is 31.1 Å². The number of nitrogens with two attached hydrogens (primary N) is 1. The monoisotopic (exact) mass is 351 g/mol. The standard InChI is InChI=1S/C10H10ClN3O5S2/c1-2-3-14-10(15)13-7-4-6(11)8(20(12,16)17)5-9(7)21(14,18)19/h2,4-5H,1,3H2,(H,13,15)(H2,12,16,17). The van der Waals surface area contributed by atoms with Gasteiger partial charge in [0.1, 0.15) is 9.79 Å². The van der Waals surface area contributed by atoms with Crippen LogP contribution in [0, 0.1) is 0 Å². The van der Waals surface area contributed by atoms with Crippen LogP contribution >= 0.6 is 11.6 Å². The first kappa shape index (κ1) is 15.8. The van der Waals surface area contributed by atoms with E-state index in [1.165, 1.54) is 6.08 Å². The highest BCUT2D eigenvalue weighted by molar-refractivity contribution is 7.90. The summed E-state index contributed by atoms with van der Waals surface area (Å²) >= 11 is 5.75. The summed E-state index contributed by atoms with van der Waals surface area (Å²) in [7, 11) is -8.43. The van der Waals surface area contributed by atoms with Gasteiger partial charge in [0.05, 0.1) is 17.3 Å². The lowest BCUT2D eigenvalue weighted by Crippen LogP contribution is -2.44. The minimum atomic E-state index is -4.22. The predicted octanol–water partition coefficient (Wildman–Crippen LogP) is 0.710. The van der Waals surface area contributed by atoms with E-state index in [-0.39, 0.29) is 17.3 Å². The lowest BCUT2D eigenvalue weighted by atomic mass is 10.3. The zero-order chi connectivity index (χ0) is 16.0. The minimum absolute atomic E-state index is 0.113. The van der Waals surface area contributed by atoms with Crippen molar-refractivity contribution in [1.29, 1.82) is 0 Å². The number of sulfonamides is 2. The van der Waals surface area contributed by atoms with Gasteiger partial charge >= 0.3 is 6.03 Å². The Labute approximate surface area is 126 Å². The second kappa shape index (κ2) is 4.98. The molecule has 1 aromatic carbocycles. The number of anilines is 1. The van der Waals surface area contributed by atoms with Crippen LogP contribution in [0.2, 0.25) is 5.02 Å². The molecule has 114 valence electrons. The molecular formula is C10H10ClN3O5S2. The van der Waals surface area contributed by atoms with Gasteiger partial charge in [-0.05, 0) is 12.1 Å². The molecule has 1 aromatic rings. The van der Waals surface area contributed by atoms with E-state index in [9.17, 15) is 21.6 Å². The van der Waals surface area contributed by atoms with Crippen LogP contribution in [-0.2, 0) is 20.0 Å². The summed E-state index contributed by atoms with van der Waals surface area (Å²) in [5.74, 6) is 0. The minimum Gasteiger partial charge on any atom is -0.306 e. The van der Waals surface area contributed by atoms with Crippen molar-refractivity contribution in [2.24, 2.45) is 5.14 Å². The smallest absolute Gasteiger partial charge is 0.306 e. The lowest BCUT2D eigenvalue weighted by molar-refractivity contribution is 0.237. The van der Waals surface area contributed by atoms with E-state index >= 15 is 0 Å². The van der Waals surface area contributed by atoms with Crippen molar-refractivity contribution in [3.05, 3.63) is 29.8 Å². The summed E-state index contributed by atoms with van der Waals surface area (Å²) in [6, 6.07) is 0.955. The van der Waals surface area contributed by atoms with E-state index in [2.05, 4.69) is 11.9 Å². The number of amides is 2. The van der Waals surface area contributed by atoms with Crippen molar-refractivity contribution in [2.75, 3.05) is 11.9 Å². The molecule has 0 fully saturated rings. The number of primary sulfonamides is 1. The van der Waals surface area contributed by atoms with Crippen molar-refractivity contribution in [2.45, 2.75) is 9.79 Å². The first-order chi connectivity index (χ1) is 9.59. The molecule has 8 nitrogen and oxygen atoms in total. The summed E-state index contributed by atoms with van der Waals surface area (Å²) in [6.07, 6.45) is 1.22. The number of carbonyl (C=O) groups is 1. The number of fused-ring (bicyclic) bond motifs is 1. The van der Waals surface area contributed by atoms with Crippen molar-refractivity contribution in [3.63, 3.8) is 0 Å². The molecule has 0 saturated heterocycles. The van der Waals surface area contributed by atoms with Crippen LogP contribution in [0.1, 0.15) is 0 Å². The fourth-order valence-corrected chi connectivity index (χ4v) is 4.40. The Morgan fingerprint density at radius 2 is 2.05 bits per heavy atom. The molecule has 1 heterocycles. The largest absolute Gasteiger partial charge is 0.336 e. The molecule has 0 aromatic heterocycles. The molecule has 0 atom stereocenters. The molecule has 0 bridgehead atoms. The summed E-state index contributed by atoms with van der Waals surface area (Å²) in [4.78, 5) is 10.8. The Balaban J connectivity index is 2.76. The summed E-state index contributed by atoms with van der Waals surface area (Å²) in [6.45, 7) is 3.10. The van der Waals surface area contributed by atoms with E-state index < -0.39 is 35.9 Å². The summed E-state index contributed by atoms with van der Waals surface area (Å²) in [5, 5.41) is 7.00. The molecule has 2 rings (SSSR count). The lowest BCUT2D eigenvalue weighted by Gasteiger charge is -2.28. The van der Waals surface area contributed by atoms with Gasteiger partial charge in [0.15, 0.2) is 0 Å². The first-order valence-electron chi connectivity index (χ1n) is 5.40. The molecule has 21 heavy (non-hydrogen) atoms. The molecule has 0 aliphatic carbocycles. The van der Waals surface area contributed by atoms with Crippen molar-refractivity contribution >= 4 is 43.4 Å². The van der Waals surface area contributed by atoms with Crippen LogP contribution in [0.3, 0.4) is 0 Å². The van der Waals surface area contributed by atoms with Crippen molar-refractivity contribution in [1.82, 2.24) is 4.31 Å². The van der Waals surface area contributed by atoms with Gasteiger partial charge in [-0.15, -0.1) is 6.58 Å². The summed E-state index contributed by atoms with van der Waals surface area (Å²) in [5.41, 5.74) is -0.113. The Kier molecular flexibility index (Phi) is 3.74. The predicted molar refractivity (Wildman–Crippen MR) is 75.9 cm³/mol. The molecule has 11 heteroatoms. The zero-order valence-corrected chi connectivity index (χ0v) is 12.8. The Bertz CT molecular complexity index is 848. The number of rotatable bonds is 3. The maximum atomic E-state index is 12.3. The number of benzene rings is 1. The number of hydrogen-bond donors (Lipinski definition) is 2. The van der Waals surface area contributed by atoms with Crippen LogP contribution in [0.25, 0.3) is 0 Å². The molecule has 0 radical (unpaired) electrons. The van der Waals surface area contributed by atoms with E-state index in [0.717, 1.165) is 12.1 Å². The van der Waals surface area contributed by atoms with Crippen molar-refractivity contribution in [3.8, 4) is 0 Å². The Morgan fingerprint density at radius 3 is 2.57 bits per heavy atom. The number of carbonyl (C=O) groups excluding carboxylic acids is 1. The molecule has 0 saturated carbocycles. The van der Waals surface area contributed by atoms with Gasteiger partial charge in [0.25, 0.3) is 10.0 Å². The van der Waals surface area contributed by atoms with Gasteiger partial charge in [0, 0.05) is 0 Å². The van der Waals surface area contributed by atoms with Gasteiger partial charge in [-0.2, -0.15) is 0 Å². The van der Waals surface area contributed by atoms with Crippen LogP contribution in [0.5, 0.6) is 0 Å². The molecule has 0 spiro atoms. The molecular weight excluding hydrogens is 342 g/mol. The molecule has 3 N–H and O–H groups in total. The average Bonchev–Trinajstić information content (AvgIpc) is 2.32. The normalized spacial score (nSPS) is 17.0. The van der Waals surface area contributed by atoms with Crippen LogP contribution in [0.4, 0.5) is 10.5 Å². The highest BCUT2D eigenvalue weighted by Crippen LogP contribution is 2.35. The molecule has 0 unspecified atom stereocenters. The molecule has 2 amide bonds. The Hall–Kier alpha value is -1.62. The van der Waals surface area contributed by atoms with Gasteiger partial charge in [-0.3, -0.25) is 0 Å². The van der Waals surface area contributed by atoms with E-state index in [1.807, 2.05) is 0 Å². The number of hydrogen-bond acceptors (Lipinski definition) is 5. The topological polar surface area (TPSA) is 127 Å². The SMILES string of the molecule is C=CCN1C(=O)Nc2cc(Cl)c(S(N)(=O)=O)cc2S1(=O)=O. The Morgan fingerprint density at radius 1 is 1.43 bits per heavy atom. The van der Waals surface area contributed by atoms with E-state index in [0.29, 0.717) is 4.31 Å². The second-order valence-corrected chi connectivity index (χ2v) is 7.85. The maximum absolute atomic E-state index is 12.3. The third kappa shape index (κ3) is 2.62. The van der Waals surface area contributed by atoms with Gasteiger partial charge in [0.2, 0.25) is 10.0 Å². The molecule has 1 aliphatic heterocycles. The average molecular weight is 352 g/mol. The van der Waals surface area contributed by atoms with Gasteiger partial charge < -0.3 is 5.32 Å². The number of halogens is 1. The first-order valence-corrected chi connectivity index (χ1v) is 8.76. The number of nitrogens with zero attached hydrogens (tertiary/aromatic N) is 1. The maximum Gasteiger partial charge on any atom is 0.336 e. The van der Waals surface area contributed by atoms with E-state index in [4.69, 9.17) is 16.7 Å². The van der Waals surface area contributed by atoms with Crippen LogP contribution in [0.15, 0.2) is 34.6 Å². The quantitative estimate of drug-likeness (QED) is 0.775. The highest BCUT2D eigenvalue weighted by Gasteiger charge is 2.37. The second-order valence-electron chi connectivity index (χ2n) is 4.08. The van der Waals surface area contributed by atoms with Gasteiger partial charge in [-0.1, -0.05) is 17.7 Å².